The first-order valence-electron chi connectivity index (χ1n) is 4.93. The van der Waals surface area contributed by atoms with E-state index in [1.54, 1.807) is 4.90 Å². The second-order valence-electron chi connectivity index (χ2n) is 4.32. The topological polar surface area (TPSA) is 20.3 Å². The summed E-state index contributed by atoms with van der Waals surface area (Å²) in [6, 6.07) is 0.205. The van der Waals surface area contributed by atoms with E-state index in [0.717, 1.165) is 19.3 Å². The van der Waals surface area contributed by atoms with Gasteiger partial charge in [0.2, 0.25) is 0 Å². The van der Waals surface area contributed by atoms with Gasteiger partial charge >= 0.3 is 0 Å². The van der Waals surface area contributed by atoms with Gasteiger partial charge in [-0.25, -0.2) is 4.39 Å². The molecule has 76 valence electrons. The number of carbonyl (C=O) groups is 1. The Hall–Kier alpha value is -0.600. The van der Waals surface area contributed by atoms with Gasteiger partial charge in [0.05, 0.1) is 0 Å². The van der Waals surface area contributed by atoms with Crippen molar-refractivity contribution in [2.75, 3.05) is 6.54 Å². The van der Waals surface area contributed by atoms with Gasteiger partial charge in [0.1, 0.15) is 0 Å². The van der Waals surface area contributed by atoms with Gasteiger partial charge < -0.3 is 4.90 Å². The smallest absolute Gasteiger partial charge is 0.259 e. The fraction of sp³-hybridized carbons (Fsp3) is 0.900. The molecule has 0 aromatic carbocycles. The van der Waals surface area contributed by atoms with Crippen LogP contribution in [-0.4, -0.2) is 29.1 Å². The molecule has 0 saturated carbocycles. The number of carbonyl (C=O) groups excluding carboxylic acids is 1. The van der Waals surface area contributed by atoms with Gasteiger partial charge in [0.15, 0.2) is 5.67 Å². The Morgan fingerprint density at radius 1 is 1.46 bits per heavy atom. The van der Waals surface area contributed by atoms with E-state index in [0.29, 0.717) is 6.54 Å². The quantitative estimate of drug-likeness (QED) is 0.616. The molecule has 0 aliphatic carbocycles. The summed E-state index contributed by atoms with van der Waals surface area (Å²) < 4.78 is 13.3. The molecule has 1 aliphatic rings. The maximum Gasteiger partial charge on any atom is 0.259 e. The molecule has 0 aromatic rings. The molecule has 13 heavy (non-hydrogen) atoms. The Morgan fingerprint density at radius 2 is 2.08 bits per heavy atom. The van der Waals surface area contributed by atoms with E-state index in [-0.39, 0.29) is 11.9 Å². The van der Waals surface area contributed by atoms with Crippen LogP contribution in [0, 0.1) is 0 Å². The summed E-state index contributed by atoms with van der Waals surface area (Å²) in [4.78, 5) is 13.3. The summed E-state index contributed by atoms with van der Waals surface area (Å²) in [7, 11) is 0. The highest BCUT2D eigenvalue weighted by molar-refractivity contribution is 5.84. The first-order chi connectivity index (χ1) is 5.93. The average Bonchev–Trinajstić information content (AvgIpc) is 2.02. The second kappa shape index (κ2) is 3.64. The largest absolute Gasteiger partial charge is 0.337 e. The lowest BCUT2D eigenvalue weighted by molar-refractivity contribution is -0.145. The number of halogens is 1. The first kappa shape index (κ1) is 10.5. The van der Waals surface area contributed by atoms with Crippen LogP contribution >= 0.6 is 0 Å². The van der Waals surface area contributed by atoms with E-state index in [2.05, 4.69) is 0 Å². The van der Waals surface area contributed by atoms with Crippen molar-refractivity contribution in [3.05, 3.63) is 0 Å². The lowest BCUT2D eigenvalue weighted by Crippen LogP contribution is -2.49. The number of hydrogen-bond acceptors (Lipinski definition) is 1. The number of amides is 1. The summed E-state index contributed by atoms with van der Waals surface area (Å²) >= 11 is 0. The third-order valence-corrected chi connectivity index (χ3v) is 2.57. The molecule has 1 atom stereocenters. The predicted octanol–water partition coefficient (Wildman–Crippen LogP) is 2.14. The van der Waals surface area contributed by atoms with Crippen molar-refractivity contribution < 1.29 is 9.18 Å². The monoisotopic (exact) mass is 187 g/mol. The zero-order valence-electron chi connectivity index (χ0n) is 8.64. The number of alkyl halides is 1. The Kier molecular flexibility index (Phi) is 2.94. The molecule has 1 saturated heterocycles. The maximum absolute atomic E-state index is 13.3. The van der Waals surface area contributed by atoms with Crippen molar-refractivity contribution in [1.82, 2.24) is 4.90 Å². The molecule has 1 aliphatic heterocycles. The van der Waals surface area contributed by atoms with Gasteiger partial charge in [-0.2, -0.15) is 0 Å². The minimum absolute atomic E-state index is 0.205. The molecule has 1 rings (SSSR count). The van der Waals surface area contributed by atoms with E-state index < -0.39 is 5.67 Å². The molecule has 1 unspecified atom stereocenters. The molecule has 1 heterocycles. The minimum Gasteiger partial charge on any atom is -0.337 e. The van der Waals surface area contributed by atoms with Crippen LogP contribution in [0.5, 0.6) is 0 Å². The Morgan fingerprint density at radius 3 is 2.54 bits per heavy atom. The molecular formula is C10H18FNO. The fourth-order valence-corrected chi connectivity index (χ4v) is 1.74. The van der Waals surface area contributed by atoms with Crippen LogP contribution in [0.4, 0.5) is 4.39 Å². The lowest BCUT2D eigenvalue weighted by atomic mass is 10.0. The van der Waals surface area contributed by atoms with Gasteiger partial charge in [-0.3, -0.25) is 4.79 Å². The van der Waals surface area contributed by atoms with Crippen molar-refractivity contribution in [3.63, 3.8) is 0 Å². The van der Waals surface area contributed by atoms with Crippen LogP contribution in [0.3, 0.4) is 0 Å². The van der Waals surface area contributed by atoms with Crippen molar-refractivity contribution in [2.24, 2.45) is 0 Å². The summed E-state index contributed by atoms with van der Waals surface area (Å²) in [5, 5.41) is 0. The van der Waals surface area contributed by atoms with Crippen LogP contribution in [0.25, 0.3) is 0 Å². The van der Waals surface area contributed by atoms with Crippen LogP contribution in [0.2, 0.25) is 0 Å². The van der Waals surface area contributed by atoms with Crippen LogP contribution in [0.1, 0.15) is 40.0 Å². The van der Waals surface area contributed by atoms with Crippen molar-refractivity contribution >= 4 is 5.91 Å². The number of likely N-dealkylation sites (tertiary alicyclic amines) is 1. The SMILES string of the molecule is CC1CCCCN1C(=O)C(C)(C)F. The van der Waals surface area contributed by atoms with Crippen LogP contribution in [-0.2, 0) is 4.79 Å². The van der Waals surface area contributed by atoms with E-state index in [1.165, 1.54) is 13.8 Å². The highest BCUT2D eigenvalue weighted by Gasteiger charge is 2.34. The molecule has 0 bridgehead atoms. The average molecular weight is 187 g/mol. The van der Waals surface area contributed by atoms with Crippen LogP contribution < -0.4 is 0 Å². The first-order valence-corrected chi connectivity index (χ1v) is 4.93. The summed E-state index contributed by atoms with van der Waals surface area (Å²) in [6.07, 6.45) is 3.16. The number of hydrogen-bond donors (Lipinski definition) is 0. The molecule has 1 amide bonds. The van der Waals surface area contributed by atoms with Crippen molar-refractivity contribution in [1.29, 1.82) is 0 Å². The van der Waals surface area contributed by atoms with Gasteiger partial charge in [0.25, 0.3) is 5.91 Å². The molecule has 0 spiro atoms. The van der Waals surface area contributed by atoms with E-state index in [9.17, 15) is 9.18 Å². The maximum atomic E-state index is 13.3. The van der Waals surface area contributed by atoms with Crippen molar-refractivity contribution in [3.8, 4) is 0 Å². The fourth-order valence-electron chi connectivity index (χ4n) is 1.74. The summed E-state index contributed by atoms with van der Waals surface area (Å²) in [5.74, 6) is -0.361. The lowest BCUT2D eigenvalue weighted by Gasteiger charge is -2.36. The zero-order chi connectivity index (χ0) is 10.1. The summed E-state index contributed by atoms with van der Waals surface area (Å²) in [5.41, 5.74) is -1.72. The Labute approximate surface area is 79.1 Å². The number of nitrogens with zero attached hydrogens (tertiary/aromatic N) is 1. The van der Waals surface area contributed by atoms with Gasteiger partial charge in [-0.1, -0.05) is 0 Å². The molecule has 0 N–H and O–H groups in total. The van der Waals surface area contributed by atoms with Gasteiger partial charge in [-0.05, 0) is 40.0 Å². The Balaban J connectivity index is 2.64. The summed E-state index contributed by atoms with van der Waals surface area (Å²) in [6.45, 7) is 5.36. The molecular weight excluding hydrogens is 169 g/mol. The molecule has 0 radical (unpaired) electrons. The molecule has 1 fully saturated rings. The van der Waals surface area contributed by atoms with E-state index in [4.69, 9.17) is 0 Å². The van der Waals surface area contributed by atoms with E-state index in [1.807, 2.05) is 6.92 Å². The molecule has 0 aromatic heterocycles. The minimum atomic E-state index is -1.72. The Bertz CT molecular complexity index is 198. The van der Waals surface area contributed by atoms with E-state index >= 15 is 0 Å². The third-order valence-electron chi connectivity index (χ3n) is 2.57. The predicted molar refractivity (Wildman–Crippen MR) is 50.2 cm³/mol. The van der Waals surface area contributed by atoms with Crippen molar-refractivity contribution in [2.45, 2.75) is 51.7 Å². The normalized spacial score (nSPS) is 24.6. The highest BCUT2D eigenvalue weighted by atomic mass is 19.1. The van der Waals surface area contributed by atoms with Gasteiger partial charge in [-0.15, -0.1) is 0 Å². The molecule has 3 heteroatoms. The number of rotatable bonds is 1. The third kappa shape index (κ3) is 2.42. The van der Waals surface area contributed by atoms with Crippen LogP contribution in [0.15, 0.2) is 0 Å². The zero-order valence-corrected chi connectivity index (χ0v) is 8.64. The molecule has 2 nitrogen and oxygen atoms in total. The highest BCUT2D eigenvalue weighted by Crippen LogP contribution is 2.21. The van der Waals surface area contributed by atoms with Gasteiger partial charge in [0, 0.05) is 12.6 Å². The standard InChI is InChI=1S/C10H18FNO/c1-8-6-4-5-7-12(8)9(13)10(2,3)11/h8H,4-7H2,1-3H3. The second-order valence-corrected chi connectivity index (χ2v) is 4.32. The number of piperidine rings is 1.